The molecule has 5 nitrogen and oxygen atoms in total. The first-order valence-corrected chi connectivity index (χ1v) is 8.59. The van der Waals surface area contributed by atoms with E-state index in [-0.39, 0.29) is 11.7 Å². The number of hydrogen-bond donors (Lipinski definition) is 2. The molecule has 0 saturated carbocycles. The smallest absolute Gasteiger partial charge is 0.264 e. The molecule has 0 spiro atoms. The number of phenolic OH excluding ortho intramolecular Hbond substituents is 1. The second kappa shape index (κ2) is 7.21. The van der Waals surface area contributed by atoms with Crippen LogP contribution >= 0.6 is 23.4 Å². The van der Waals surface area contributed by atoms with Gasteiger partial charge in [-0.15, -0.1) is 0 Å². The van der Waals surface area contributed by atoms with Crippen molar-refractivity contribution in [2.75, 3.05) is 7.11 Å². The number of nitrogens with zero attached hydrogens (tertiary/aromatic N) is 1. The van der Waals surface area contributed by atoms with Gasteiger partial charge in [0.2, 0.25) is 0 Å². The first-order valence-electron chi connectivity index (χ1n) is 7.40. The number of carbonyl (C=O) groups is 1. The summed E-state index contributed by atoms with van der Waals surface area (Å²) in [4.78, 5) is 17.0. The molecular weight excluding hydrogens is 360 g/mol. The molecule has 1 fully saturated rings. The third-order valence-corrected chi connectivity index (χ3v) is 4.98. The van der Waals surface area contributed by atoms with Gasteiger partial charge in [0.1, 0.15) is 0 Å². The van der Waals surface area contributed by atoms with Gasteiger partial charge in [0, 0.05) is 5.56 Å². The van der Waals surface area contributed by atoms with Crippen molar-refractivity contribution in [1.82, 2.24) is 5.32 Å². The molecule has 0 aromatic heterocycles. The van der Waals surface area contributed by atoms with E-state index >= 15 is 0 Å². The third kappa shape index (κ3) is 3.65. The predicted molar refractivity (Wildman–Crippen MR) is 102 cm³/mol. The maximum absolute atomic E-state index is 12.2. The number of ether oxygens (including phenoxy) is 1. The number of thioether (sulfide) groups is 1. The molecule has 2 aromatic carbocycles. The molecule has 1 aliphatic heterocycles. The summed E-state index contributed by atoms with van der Waals surface area (Å²) in [6.45, 7) is 1.89. The number of methoxy groups -OCH3 is 1. The number of amidine groups is 1. The lowest BCUT2D eigenvalue weighted by molar-refractivity contribution is -0.115. The lowest BCUT2D eigenvalue weighted by atomic mass is 10.1. The van der Waals surface area contributed by atoms with Crippen LogP contribution in [0.15, 0.2) is 46.3 Å². The first kappa shape index (κ1) is 17.4. The fraction of sp³-hybridized carbons (Fsp3) is 0.111. The normalized spacial score (nSPS) is 17.2. The molecule has 0 aliphatic carbocycles. The molecule has 1 saturated heterocycles. The largest absolute Gasteiger partial charge is 0.504 e. The van der Waals surface area contributed by atoms with Gasteiger partial charge in [0.05, 0.1) is 22.7 Å². The molecule has 128 valence electrons. The van der Waals surface area contributed by atoms with E-state index in [1.54, 1.807) is 30.3 Å². The Morgan fingerprint density at radius 3 is 2.80 bits per heavy atom. The van der Waals surface area contributed by atoms with E-state index in [1.807, 2.05) is 19.1 Å². The van der Waals surface area contributed by atoms with E-state index in [0.29, 0.717) is 32.1 Å². The van der Waals surface area contributed by atoms with Crippen molar-refractivity contribution < 1.29 is 14.6 Å². The molecule has 0 radical (unpaired) electrons. The Morgan fingerprint density at radius 1 is 1.28 bits per heavy atom. The van der Waals surface area contributed by atoms with E-state index < -0.39 is 0 Å². The van der Waals surface area contributed by atoms with Gasteiger partial charge in [-0.3, -0.25) is 4.79 Å². The van der Waals surface area contributed by atoms with Crippen LogP contribution in [0.3, 0.4) is 0 Å². The monoisotopic (exact) mass is 374 g/mol. The van der Waals surface area contributed by atoms with Gasteiger partial charge in [-0.05, 0) is 42.5 Å². The number of carbonyl (C=O) groups excluding carboxylic acids is 1. The van der Waals surface area contributed by atoms with E-state index in [1.165, 1.54) is 18.9 Å². The zero-order chi connectivity index (χ0) is 18.0. The van der Waals surface area contributed by atoms with Crippen LogP contribution in [0.4, 0.5) is 5.69 Å². The van der Waals surface area contributed by atoms with E-state index in [9.17, 15) is 9.90 Å². The lowest BCUT2D eigenvalue weighted by Gasteiger charge is -2.05. The zero-order valence-corrected chi connectivity index (χ0v) is 15.1. The number of aromatic hydroxyl groups is 1. The molecule has 1 amide bonds. The summed E-state index contributed by atoms with van der Waals surface area (Å²) in [6.07, 6.45) is 1.60. The van der Waals surface area contributed by atoms with Crippen molar-refractivity contribution in [2.45, 2.75) is 6.92 Å². The van der Waals surface area contributed by atoms with Gasteiger partial charge in [-0.2, -0.15) is 0 Å². The van der Waals surface area contributed by atoms with Crippen LogP contribution in [0.1, 0.15) is 11.1 Å². The maximum Gasteiger partial charge on any atom is 0.264 e. The molecule has 0 atom stereocenters. The molecule has 0 bridgehead atoms. The van der Waals surface area contributed by atoms with Gasteiger partial charge in [0.15, 0.2) is 16.7 Å². The topological polar surface area (TPSA) is 70.9 Å². The first-order chi connectivity index (χ1) is 12.0. The Hall–Kier alpha value is -2.44. The summed E-state index contributed by atoms with van der Waals surface area (Å²) in [5.74, 6) is 0.0472. The molecule has 0 unspecified atom stereocenters. The SMILES string of the molecule is COc1cccc(C=C2SC(=Nc3cccc(C)c3Cl)NC2=O)c1O. The number of nitrogens with one attached hydrogen (secondary N) is 1. The Bertz CT molecular complexity index is 909. The summed E-state index contributed by atoms with van der Waals surface area (Å²) < 4.78 is 5.08. The minimum atomic E-state index is -0.283. The molecule has 3 rings (SSSR count). The molecule has 25 heavy (non-hydrogen) atoms. The molecule has 1 aliphatic rings. The molecule has 7 heteroatoms. The van der Waals surface area contributed by atoms with Gasteiger partial charge in [-0.1, -0.05) is 35.9 Å². The second-order valence-corrected chi connectivity index (χ2v) is 6.70. The van der Waals surface area contributed by atoms with E-state index in [0.717, 1.165) is 5.56 Å². The summed E-state index contributed by atoms with van der Waals surface area (Å²) >= 11 is 7.42. The number of halogens is 1. The summed E-state index contributed by atoms with van der Waals surface area (Å²) in [6, 6.07) is 10.6. The number of hydrogen-bond acceptors (Lipinski definition) is 5. The average Bonchev–Trinajstić information content (AvgIpc) is 2.93. The van der Waals surface area contributed by atoms with Crippen molar-refractivity contribution >= 4 is 46.2 Å². The highest BCUT2D eigenvalue weighted by Crippen LogP contribution is 2.35. The van der Waals surface area contributed by atoms with E-state index in [2.05, 4.69) is 10.3 Å². The van der Waals surface area contributed by atoms with Crippen molar-refractivity contribution in [3.63, 3.8) is 0 Å². The van der Waals surface area contributed by atoms with Crippen LogP contribution < -0.4 is 10.1 Å². The minimum Gasteiger partial charge on any atom is -0.504 e. The van der Waals surface area contributed by atoms with Crippen molar-refractivity contribution in [1.29, 1.82) is 0 Å². The molecule has 1 heterocycles. The van der Waals surface area contributed by atoms with Crippen LogP contribution in [0.5, 0.6) is 11.5 Å². The number of aryl methyl sites for hydroxylation is 1. The molecular formula is C18H15ClN2O3S. The maximum atomic E-state index is 12.2. The van der Waals surface area contributed by atoms with Crippen LogP contribution in [0.2, 0.25) is 5.02 Å². The lowest BCUT2D eigenvalue weighted by Crippen LogP contribution is -2.19. The highest BCUT2D eigenvalue weighted by molar-refractivity contribution is 8.18. The number of aliphatic imine (C=N–C) groups is 1. The quantitative estimate of drug-likeness (QED) is 0.788. The standard InChI is InChI=1S/C18H15ClN2O3S/c1-10-5-3-7-12(15(10)19)20-18-21-17(23)14(25-18)9-11-6-4-8-13(24-2)16(11)22/h3-9,22H,1-2H3,(H,20,21,23). The van der Waals surface area contributed by atoms with Gasteiger partial charge >= 0.3 is 0 Å². The van der Waals surface area contributed by atoms with Crippen LogP contribution in [0.25, 0.3) is 6.08 Å². The van der Waals surface area contributed by atoms with Gasteiger partial charge in [-0.25, -0.2) is 4.99 Å². The zero-order valence-electron chi connectivity index (χ0n) is 13.5. The van der Waals surface area contributed by atoms with Gasteiger partial charge < -0.3 is 15.2 Å². The Kier molecular flexibility index (Phi) is 5.01. The summed E-state index contributed by atoms with van der Waals surface area (Å²) in [7, 11) is 1.47. The van der Waals surface area contributed by atoms with Crippen LogP contribution in [-0.4, -0.2) is 23.3 Å². The number of amides is 1. The Balaban J connectivity index is 1.90. The number of rotatable bonds is 3. The van der Waals surface area contributed by atoms with Gasteiger partial charge in [0.25, 0.3) is 5.91 Å². The molecule has 2 aromatic rings. The van der Waals surface area contributed by atoms with Crippen molar-refractivity contribution in [3.05, 3.63) is 57.5 Å². The molecule has 2 N–H and O–H groups in total. The highest BCUT2D eigenvalue weighted by Gasteiger charge is 2.24. The van der Waals surface area contributed by atoms with E-state index in [4.69, 9.17) is 16.3 Å². The number of para-hydroxylation sites is 1. The summed E-state index contributed by atoms with van der Waals surface area (Å²) in [5, 5.41) is 13.8. The predicted octanol–water partition coefficient (Wildman–Crippen LogP) is 4.25. The fourth-order valence-corrected chi connectivity index (χ4v) is 3.26. The summed E-state index contributed by atoms with van der Waals surface area (Å²) in [5.41, 5.74) is 2.00. The van der Waals surface area contributed by atoms with Crippen molar-refractivity contribution in [2.24, 2.45) is 4.99 Å². The Labute approximate surface area is 154 Å². The second-order valence-electron chi connectivity index (χ2n) is 5.29. The number of benzene rings is 2. The fourth-order valence-electron chi connectivity index (χ4n) is 2.27. The highest BCUT2D eigenvalue weighted by atomic mass is 35.5. The Morgan fingerprint density at radius 2 is 2.04 bits per heavy atom. The average molecular weight is 375 g/mol. The van der Waals surface area contributed by atoms with Crippen molar-refractivity contribution in [3.8, 4) is 11.5 Å². The minimum absolute atomic E-state index is 0.0157. The van der Waals surface area contributed by atoms with Crippen LogP contribution in [-0.2, 0) is 4.79 Å². The third-order valence-electron chi connectivity index (χ3n) is 3.58. The number of phenols is 1. The van der Waals surface area contributed by atoms with Crippen LogP contribution in [0, 0.1) is 6.92 Å².